The van der Waals surface area contributed by atoms with Gasteiger partial charge in [-0.05, 0) is 40.0 Å². The Labute approximate surface area is 105 Å². The average molecular weight is 255 g/mol. The summed E-state index contributed by atoms with van der Waals surface area (Å²) in [5, 5.41) is 14.3. The molecule has 0 saturated heterocycles. The highest BCUT2D eigenvalue weighted by molar-refractivity contribution is 6.18. The van der Waals surface area contributed by atoms with Crippen LogP contribution in [0.4, 0.5) is 4.79 Å². The minimum atomic E-state index is -1.37. The molecular weight excluding hydrogens is 238 g/mol. The van der Waals surface area contributed by atoms with E-state index in [1.54, 1.807) is 20.8 Å². The number of hydrogen-bond acceptors (Lipinski definition) is 5. The monoisotopic (exact) mass is 255 g/mol. The van der Waals surface area contributed by atoms with Crippen molar-refractivity contribution in [2.75, 3.05) is 0 Å². The molecule has 0 bridgehead atoms. The third-order valence-electron chi connectivity index (χ3n) is 3.03. The van der Waals surface area contributed by atoms with Crippen molar-refractivity contribution < 1.29 is 19.5 Å². The molecule has 100 valence electrons. The Balaban J connectivity index is 2.22. The first-order chi connectivity index (χ1) is 8.27. The normalized spacial score (nSPS) is 26.4. The van der Waals surface area contributed by atoms with Crippen molar-refractivity contribution in [3.05, 3.63) is 0 Å². The third kappa shape index (κ3) is 1.84. The van der Waals surface area contributed by atoms with Gasteiger partial charge in [0.25, 0.3) is 5.91 Å². The minimum Gasteiger partial charge on any atom is -0.442 e. The summed E-state index contributed by atoms with van der Waals surface area (Å²) in [5.41, 5.74) is 0.678. The van der Waals surface area contributed by atoms with Crippen LogP contribution >= 0.6 is 0 Å². The Morgan fingerprint density at radius 3 is 2.83 bits per heavy atom. The molecule has 1 unspecified atom stereocenters. The fourth-order valence-corrected chi connectivity index (χ4v) is 2.25. The first kappa shape index (κ1) is 12.8. The molecule has 7 heteroatoms. The topological polar surface area (TPSA) is 91.2 Å². The predicted octanol–water partition coefficient (Wildman–Crippen LogP) is 1.02. The maximum Gasteiger partial charge on any atom is 0.435 e. The molecule has 0 aromatic rings. The van der Waals surface area contributed by atoms with E-state index in [1.807, 2.05) is 0 Å². The lowest BCUT2D eigenvalue weighted by molar-refractivity contribution is -0.158. The second-order valence-corrected chi connectivity index (χ2v) is 5.51. The van der Waals surface area contributed by atoms with Gasteiger partial charge in [0.05, 0.1) is 5.71 Å². The molecule has 1 fully saturated rings. The minimum absolute atomic E-state index is 0.355. The highest BCUT2D eigenvalue weighted by atomic mass is 16.6. The molecule has 1 aliphatic heterocycles. The van der Waals surface area contributed by atoms with Gasteiger partial charge in [-0.3, -0.25) is 10.0 Å². The van der Waals surface area contributed by atoms with Crippen LogP contribution in [0.1, 0.15) is 40.0 Å². The Morgan fingerprint density at radius 2 is 2.22 bits per heavy atom. The van der Waals surface area contributed by atoms with E-state index in [1.165, 1.54) is 0 Å². The number of rotatable bonds is 1. The molecule has 2 amide bonds. The Hall–Kier alpha value is -1.63. The van der Waals surface area contributed by atoms with Gasteiger partial charge >= 0.3 is 6.09 Å². The number of nitrogens with one attached hydrogen (secondary N) is 1. The van der Waals surface area contributed by atoms with Gasteiger partial charge in [0.15, 0.2) is 5.54 Å². The molecule has 1 saturated carbocycles. The molecule has 1 atom stereocenters. The van der Waals surface area contributed by atoms with E-state index in [0.29, 0.717) is 30.0 Å². The SMILES string of the molecule is CC(C)(C)OC(=O)N(O)C12CCCC1=NNC2=O. The molecule has 2 aliphatic rings. The first-order valence-electron chi connectivity index (χ1n) is 5.87. The summed E-state index contributed by atoms with van der Waals surface area (Å²) in [6.07, 6.45) is 0.701. The van der Waals surface area contributed by atoms with Gasteiger partial charge in [0, 0.05) is 0 Å². The number of carbonyl (C=O) groups excluding carboxylic acids is 2. The van der Waals surface area contributed by atoms with Gasteiger partial charge in [-0.1, -0.05) is 0 Å². The molecule has 0 radical (unpaired) electrons. The van der Waals surface area contributed by atoms with Crippen LogP contribution in [-0.4, -0.2) is 39.1 Å². The average Bonchev–Trinajstić information content (AvgIpc) is 2.77. The van der Waals surface area contributed by atoms with E-state index < -0.39 is 23.1 Å². The number of hydrazone groups is 1. The zero-order chi connectivity index (χ0) is 13.6. The van der Waals surface area contributed by atoms with Crippen LogP contribution in [0.3, 0.4) is 0 Å². The zero-order valence-corrected chi connectivity index (χ0v) is 10.7. The van der Waals surface area contributed by atoms with Crippen molar-refractivity contribution in [2.24, 2.45) is 5.10 Å². The number of carbonyl (C=O) groups is 2. The quantitative estimate of drug-likeness (QED) is 0.540. The van der Waals surface area contributed by atoms with Crippen molar-refractivity contribution in [2.45, 2.75) is 51.2 Å². The lowest BCUT2D eigenvalue weighted by atomic mass is 9.96. The molecule has 0 aromatic heterocycles. The van der Waals surface area contributed by atoms with Gasteiger partial charge in [-0.2, -0.15) is 10.2 Å². The summed E-state index contributed by atoms with van der Waals surface area (Å²) in [6.45, 7) is 5.07. The number of ether oxygens (including phenoxy) is 1. The maximum atomic E-state index is 11.9. The smallest absolute Gasteiger partial charge is 0.435 e. The fourth-order valence-electron chi connectivity index (χ4n) is 2.25. The highest BCUT2D eigenvalue weighted by Gasteiger charge is 2.57. The Bertz CT molecular complexity index is 426. The molecule has 0 spiro atoms. The summed E-state index contributed by atoms with van der Waals surface area (Å²) in [5.74, 6) is -0.483. The largest absolute Gasteiger partial charge is 0.442 e. The molecule has 1 heterocycles. The van der Waals surface area contributed by atoms with Crippen LogP contribution in [0.5, 0.6) is 0 Å². The Kier molecular flexibility index (Phi) is 2.81. The van der Waals surface area contributed by atoms with Crippen molar-refractivity contribution in [3.63, 3.8) is 0 Å². The van der Waals surface area contributed by atoms with Crippen molar-refractivity contribution in [3.8, 4) is 0 Å². The molecule has 2 N–H and O–H groups in total. The highest BCUT2D eigenvalue weighted by Crippen LogP contribution is 2.36. The second kappa shape index (κ2) is 3.94. The number of hydrogen-bond donors (Lipinski definition) is 2. The third-order valence-corrected chi connectivity index (χ3v) is 3.03. The van der Waals surface area contributed by atoms with Gasteiger partial charge in [-0.15, -0.1) is 0 Å². The lowest BCUT2D eigenvalue weighted by Crippen LogP contribution is -2.58. The van der Waals surface area contributed by atoms with E-state index in [0.717, 1.165) is 0 Å². The van der Waals surface area contributed by atoms with Crippen LogP contribution in [-0.2, 0) is 9.53 Å². The lowest BCUT2D eigenvalue weighted by Gasteiger charge is -2.32. The van der Waals surface area contributed by atoms with Crippen molar-refractivity contribution in [1.29, 1.82) is 0 Å². The van der Waals surface area contributed by atoms with E-state index in [4.69, 9.17) is 4.74 Å². The molecule has 2 rings (SSSR count). The van der Waals surface area contributed by atoms with E-state index >= 15 is 0 Å². The summed E-state index contributed by atoms with van der Waals surface area (Å²) < 4.78 is 5.07. The Morgan fingerprint density at radius 1 is 1.56 bits per heavy atom. The van der Waals surface area contributed by atoms with Gasteiger partial charge in [0.1, 0.15) is 5.60 Å². The molecule has 18 heavy (non-hydrogen) atoms. The molecule has 1 aliphatic carbocycles. The van der Waals surface area contributed by atoms with Gasteiger partial charge in [0.2, 0.25) is 0 Å². The maximum absolute atomic E-state index is 11.9. The number of hydroxylamine groups is 2. The van der Waals surface area contributed by atoms with Gasteiger partial charge < -0.3 is 4.74 Å². The van der Waals surface area contributed by atoms with Crippen LogP contribution < -0.4 is 5.43 Å². The van der Waals surface area contributed by atoms with E-state index in [2.05, 4.69) is 10.5 Å². The summed E-state index contributed by atoms with van der Waals surface area (Å²) >= 11 is 0. The summed E-state index contributed by atoms with van der Waals surface area (Å²) in [6, 6.07) is 0. The molecule has 7 nitrogen and oxygen atoms in total. The first-order valence-corrected chi connectivity index (χ1v) is 5.87. The standard InChI is InChI=1S/C11H17N3O4/c1-10(2,3)18-9(16)14(17)11-6-4-5-7(11)12-13-8(11)15/h17H,4-6H2,1-3H3,(H,13,15). The fraction of sp³-hybridized carbons (Fsp3) is 0.727. The summed E-state index contributed by atoms with van der Waals surface area (Å²) in [4.78, 5) is 23.7. The molecule has 0 aromatic carbocycles. The van der Waals surface area contributed by atoms with Crippen LogP contribution in [0, 0.1) is 0 Å². The van der Waals surface area contributed by atoms with Crippen molar-refractivity contribution in [1.82, 2.24) is 10.5 Å². The van der Waals surface area contributed by atoms with E-state index in [9.17, 15) is 14.8 Å². The predicted molar refractivity (Wildman–Crippen MR) is 62.0 cm³/mol. The second-order valence-electron chi connectivity index (χ2n) is 5.51. The van der Waals surface area contributed by atoms with Crippen LogP contribution in [0.2, 0.25) is 0 Å². The number of fused-ring (bicyclic) bond motifs is 1. The number of nitrogens with zero attached hydrogens (tertiary/aromatic N) is 2. The van der Waals surface area contributed by atoms with E-state index in [-0.39, 0.29) is 0 Å². The summed E-state index contributed by atoms with van der Waals surface area (Å²) in [7, 11) is 0. The number of amides is 2. The molecular formula is C11H17N3O4. The van der Waals surface area contributed by atoms with Gasteiger partial charge in [-0.25, -0.2) is 10.2 Å². The zero-order valence-electron chi connectivity index (χ0n) is 10.7. The van der Waals surface area contributed by atoms with Crippen LogP contribution in [0.15, 0.2) is 5.10 Å². The van der Waals surface area contributed by atoms with Crippen molar-refractivity contribution >= 4 is 17.7 Å². The van der Waals surface area contributed by atoms with Crippen LogP contribution in [0.25, 0.3) is 0 Å².